The Morgan fingerprint density at radius 3 is 2.10 bits per heavy atom. The van der Waals surface area contributed by atoms with Crippen LogP contribution in [0.1, 0.15) is 39.2 Å². The summed E-state index contributed by atoms with van der Waals surface area (Å²) in [6, 6.07) is 7.61. The van der Waals surface area contributed by atoms with E-state index in [9.17, 15) is 4.57 Å². The monoisotopic (exact) mass is 300 g/mol. The minimum absolute atomic E-state index is 0.296. The normalized spacial score (nSPS) is 11.6. The topological polar surface area (TPSA) is 44.8 Å². The summed E-state index contributed by atoms with van der Waals surface area (Å²) >= 11 is 0. The number of rotatable bonds is 10. The Morgan fingerprint density at radius 1 is 1.00 bits per heavy atom. The Bertz CT molecular complexity index is 406. The first-order valence-corrected chi connectivity index (χ1v) is 8.96. The van der Waals surface area contributed by atoms with Gasteiger partial charge in [0.05, 0.1) is 26.0 Å². The fourth-order valence-electron chi connectivity index (χ4n) is 1.77. The van der Waals surface area contributed by atoms with Gasteiger partial charge in [-0.15, -0.1) is 0 Å². The average Bonchev–Trinajstić information content (AvgIpc) is 2.41. The second-order valence-corrected chi connectivity index (χ2v) is 6.50. The van der Waals surface area contributed by atoms with Gasteiger partial charge >= 0.3 is 7.60 Å². The molecular weight excluding hydrogens is 275 g/mol. The largest absolute Gasteiger partial charge is 0.494 e. The Kier molecular flexibility index (Phi) is 7.90. The van der Waals surface area contributed by atoms with Gasteiger partial charge < -0.3 is 13.8 Å². The van der Waals surface area contributed by atoms with E-state index in [0.29, 0.717) is 19.4 Å². The van der Waals surface area contributed by atoms with Gasteiger partial charge in [0.2, 0.25) is 0 Å². The molecule has 114 valence electrons. The second kappa shape index (κ2) is 9.17. The van der Waals surface area contributed by atoms with E-state index in [4.69, 9.17) is 13.8 Å². The molecule has 4 nitrogen and oxygen atoms in total. The Balaban J connectivity index is 2.61. The van der Waals surface area contributed by atoms with Crippen LogP contribution >= 0.6 is 7.60 Å². The molecule has 0 aliphatic rings. The van der Waals surface area contributed by atoms with Crippen molar-refractivity contribution in [3.05, 3.63) is 29.8 Å². The van der Waals surface area contributed by atoms with Crippen molar-refractivity contribution in [1.82, 2.24) is 0 Å². The van der Waals surface area contributed by atoms with Crippen LogP contribution < -0.4 is 4.74 Å². The van der Waals surface area contributed by atoms with Crippen LogP contribution in [-0.4, -0.2) is 19.8 Å². The minimum Gasteiger partial charge on any atom is -0.494 e. The molecule has 1 aromatic carbocycles. The van der Waals surface area contributed by atoms with Gasteiger partial charge in [-0.2, -0.15) is 0 Å². The highest BCUT2D eigenvalue weighted by atomic mass is 31.2. The van der Waals surface area contributed by atoms with Gasteiger partial charge in [-0.05, 0) is 38.0 Å². The maximum Gasteiger partial charge on any atom is 0.335 e. The molecule has 0 radical (unpaired) electrons. The van der Waals surface area contributed by atoms with Crippen LogP contribution in [0.15, 0.2) is 24.3 Å². The number of ether oxygens (including phenoxy) is 1. The zero-order valence-corrected chi connectivity index (χ0v) is 13.5. The molecule has 20 heavy (non-hydrogen) atoms. The number of hydrogen-bond acceptors (Lipinski definition) is 4. The summed E-state index contributed by atoms with van der Waals surface area (Å²) in [7, 11) is -3.02. The first kappa shape index (κ1) is 17.2. The van der Waals surface area contributed by atoms with E-state index in [1.807, 2.05) is 38.1 Å². The van der Waals surface area contributed by atoms with Crippen LogP contribution in [0.3, 0.4) is 0 Å². The van der Waals surface area contributed by atoms with E-state index >= 15 is 0 Å². The SMILES string of the molecule is CCCCOc1ccc(CP(=O)(OCC)OCC)cc1. The molecule has 0 aliphatic carbocycles. The molecule has 0 fully saturated rings. The van der Waals surface area contributed by atoms with E-state index in [1.165, 1.54) is 0 Å². The summed E-state index contributed by atoms with van der Waals surface area (Å²) in [5.74, 6) is 0.838. The molecule has 0 saturated heterocycles. The van der Waals surface area contributed by atoms with Crippen LogP contribution in [0.25, 0.3) is 0 Å². The zero-order chi connectivity index (χ0) is 14.8. The third-order valence-corrected chi connectivity index (χ3v) is 4.77. The molecule has 0 unspecified atom stereocenters. The summed E-state index contributed by atoms with van der Waals surface area (Å²) in [6.45, 7) is 7.26. The first-order valence-electron chi connectivity index (χ1n) is 7.23. The van der Waals surface area contributed by atoms with Crippen molar-refractivity contribution >= 4 is 7.60 Å². The smallest absolute Gasteiger partial charge is 0.335 e. The summed E-state index contributed by atoms with van der Waals surface area (Å²) in [4.78, 5) is 0. The fourth-order valence-corrected chi connectivity index (χ4v) is 3.47. The van der Waals surface area contributed by atoms with E-state index in [1.54, 1.807) is 0 Å². The lowest BCUT2D eigenvalue weighted by Gasteiger charge is -2.17. The van der Waals surface area contributed by atoms with Gasteiger partial charge in [0, 0.05) is 0 Å². The van der Waals surface area contributed by atoms with E-state index in [-0.39, 0.29) is 0 Å². The summed E-state index contributed by atoms with van der Waals surface area (Å²) in [6.07, 6.45) is 2.46. The fraction of sp³-hybridized carbons (Fsp3) is 0.600. The predicted molar refractivity (Wildman–Crippen MR) is 81.4 cm³/mol. The quantitative estimate of drug-likeness (QED) is 0.467. The number of hydrogen-bond donors (Lipinski definition) is 0. The maximum absolute atomic E-state index is 12.4. The molecule has 0 aromatic heterocycles. The maximum atomic E-state index is 12.4. The standard InChI is InChI=1S/C15H25O4P/c1-4-7-12-17-15-10-8-14(9-11-15)13-20(16,18-5-2)19-6-3/h8-11H,4-7,12-13H2,1-3H3. The lowest BCUT2D eigenvalue weighted by molar-refractivity contribution is 0.219. The van der Waals surface area contributed by atoms with Gasteiger partial charge in [0.25, 0.3) is 0 Å². The van der Waals surface area contributed by atoms with E-state index in [0.717, 1.165) is 30.8 Å². The van der Waals surface area contributed by atoms with Crippen molar-refractivity contribution in [3.63, 3.8) is 0 Å². The highest BCUT2D eigenvalue weighted by molar-refractivity contribution is 7.53. The molecule has 0 atom stereocenters. The van der Waals surface area contributed by atoms with Gasteiger partial charge in [-0.3, -0.25) is 4.57 Å². The van der Waals surface area contributed by atoms with Gasteiger partial charge in [0.1, 0.15) is 5.75 Å². The Hall–Kier alpha value is -0.830. The summed E-state index contributed by atoms with van der Waals surface area (Å²) < 4.78 is 28.6. The molecule has 0 N–H and O–H groups in total. The molecule has 0 saturated carbocycles. The molecular formula is C15H25O4P. The highest BCUT2D eigenvalue weighted by Gasteiger charge is 2.23. The third kappa shape index (κ3) is 6.08. The minimum atomic E-state index is -3.02. The van der Waals surface area contributed by atoms with Crippen molar-refractivity contribution < 1.29 is 18.3 Å². The first-order chi connectivity index (χ1) is 9.63. The van der Waals surface area contributed by atoms with Crippen molar-refractivity contribution in [2.24, 2.45) is 0 Å². The summed E-state index contributed by atoms with van der Waals surface area (Å²) in [5, 5.41) is 0. The van der Waals surface area contributed by atoms with Gasteiger partial charge in [0.15, 0.2) is 0 Å². The van der Waals surface area contributed by atoms with Crippen LogP contribution in [0.4, 0.5) is 0 Å². The van der Waals surface area contributed by atoms with E-state index in [2.05, 4.69) is 6.92 Å². The van der Waals surface area contributed by atoms with Gasteiger partial charge in [-0.1, -0.05) is 25.5 Å². The molecule has 0 bridgehead atoms. The predicted octanol–water partition coefficient (Wildman–Crippen LogP) is 4.63. The molecule has 0 spiro atoms. The van der Waals surface area contributed by atoms with Crippen molar-refractivity contribution in [2.45, 2.75) is 39.8 Å². The van der Waals surface area contributed by atoms with Crippen molar-refractivity contribution in [1.29, 1.82) is 0 Å². The molecule has 1 aromatic rings. The lowest BCUT2D eigenvalue weighted by Crippen LogP contribution is -2.00. The number of unbranched alkanes of at least 4 members (excludes halogenated alkanes) is 1. The van der Waals surface area contributed by atoms with Gasteiger partial charge in [-0.25, -0.2) is 0 Å². The van der Waals surface area contributed by atoms with E-state index < -0.39 is 7.60 Å². The zero-order valence-electron chi connectivity index (χ0n) is 12.6. The second-order valence-electron chi connectivity index (χ2n) is 4.45. The Morgan fingerprint density at radius 2 is 1.60 bits per heavy atom. The van der Waals surface area contributed by atoms with Crippen LogP contribution in [-0.2, 0) is 19.8 Å². The average molecular weight is 300 g/mol. The highest BCUT2D eigenvalue weighted by Crippen LogP contribution is 2.51. The molecule has 0 aliphatic heterocycles. The van der Waals surface area contributed by atoms with Crippen LogP contribution in [0.2, 0.25) is 0 Å². The van der Waals surface area contributed by atoms with Crippen molar-refractivity contribution in [2.75, 3.05) is 19.8 Å². The lowest BCUT2D eigenvalue weighted by atomic mass is 10.2. The van der Waals surface area contributed by atoms with Crippen LogP contribution in [0, 0.1) is 0 Å². The summed E-state index contributed by atoms with van der Waals surface area (Å²) in [5.41, 5.74) is 0.929. The Labute approximate surface area is 122 Å². The molecule has 5 heteroatoms. The number of benzene rings is 1. The molecule has 1 rings (SSSR count). The molecule has 0 heterocycles. The third-order valence-electron chi connectivity index (χ3n) is 2.72. The van der Waals surface area contributed by atoms with Crippen LogP contribution in [0.5, 0.6) is 5.75 Å². The van der Waals surface area contributed by atoms with Crippen molar-refractivity contribution in [3.8, 4) is 5.75 Å². The molecule has 0 amide bonds.